The van der Waals surface area contributed by atoms with Gasteiger partial charge in [0.15, 0.2) is 6.10 Å². The number of halogens is 1. The molecule has 0 radical (unpaired) electrons. The molecule has 1 unspecified atom stereocenters. The quantitative estimate of drug-likeness (QED) is 0.768. The van der Waals surface area contributed by atoms with Crippen molar-refractivity contribution in [1.82, 2.24) is 0 Å². The van der Waals surface area contributed by atoms with Crippen molar-refractivity contribution in [2.75, 3.05) is 13.2 Å². The lowest BCUT2D eigenvalue weighted by molar-refractivity contribution is -0.150. The van der Waals surface area contributed by atoms with Gasteiger partial charge in [-0.1, -0.05) is 0 Å². The largest absolute Gasteiger partial charge is 0.493 e. The highest BCUT2D eigenvalue weighted by Gasteiger charge is 2.16. The number of ether oxygens (including phenoxy) is 2. The van der Waals surface area contributed by atoms with E-state index in [9.17, 15) is 4.79 Å². The highest BCUT2D eigenvalue weighted by molar-refractivity contribution is 14.1. The molecule has 94 valence electrons. The number of carbonyl (C=O) groups is 1. The van der Waals surface area contributed by atoms with Crippen LogP contribution in [0.2, 0.25) is 0 Å². The fourth-order valence-corrected chi connectivity index (χ4v) is 1.65. The Kier molecular flexibility index (Phi) is 6.28. The number of benzene rings is 1. The molecule has 1 N–H and O–H groups in total. The van der Waals surface area contributed by atoms with E-state index in [4.69, 9.17) is 14.6 Å². The predicted octanol–water partition coefficient (Wildman–Crippen LogP) is 2.55. The Morgan fingerprint density at radius 2 is 2.06 bits per heavy atom. The molecule has 1 aromatic rings. The lowest BCUT2D eigenvalue weighted by Gasteiger charge is -2.12. The molecule has 0 spiro atoms. The van der Waals surface area contributed by atoms with Crippen LogP contribution in [0.4, 0.5) is 0 Å². The summed E-state index contributed by atoms with van der Waals surface area (Å²) < 4.78 is 11.7. The van der Waals surface area contributed by atoms with Crippen LogP contribution in [0.5, 0.6) is 5.75 Å². The van der Waals surface area contributed by atoms with Gasteiger partial charge in [0.25, 0.3) is 0 Å². The molecule has 1 aromatic carbocycles. The molecule has 0 saturated heterocycles. The second kappa shape index (κ2) is 7.50. The van der Waals surface area contributed by atoms with Gasteiger partial charge in [0.1, 0.15) is 5.75 Å². The summed E-state index contributed by atoms with van der Waals surface area (Å²) in [6.07, 6.45) is -0.446. The Morgan fingerprint density at radius 3 is 2.59 bits per heavy atom. The highest BCUT2D eigenvalue weighted by atomic mass is 127. The van der Waals surface area contributed by atoms with Crippen molar-refractivity contribution in [3.8, 4) is 5.75 Å². The van der Waals surface area contributed by atoms with Gasteiger partial charge in [0.05, 0.1) is 6.61 Å². The first-order valence-corrected chi connectivity index (χ1v) is 6.44. The van der Waals surface area contributed by atoms with Gasteiger partial charge < -0.3 is 14.6 Å². The van der Waals surface area contributed by atoms with Gasteiger partial charge in [-0.25, -0.2) is 4.79 Å². The molecular weight excluding hydrogens is 335 g/mol. The van der Waals surface area contributed by atoms with Crippen molar-refractivity contribution in [1.29, 1.82) is 0 Å². The lowest BCUT2D eigenvalue weighted by atomic mass is 10.2. The third kappa shape index (κ3) is 5.36. The van der Waals surface area contributed by atoms with E-state index >= 15 is 0 Å². The highest BCUT2D eigenvalue weighted by Crippen LogP contribution is 2.14. The van der Waals surface area contributed by atoms with E-state index in [1.807, 2.05) is 24.3 Å². The smallest absolute Gasteiger partial charge is 0.332 e. The molecule has 0 aliphatic carbocycles. The normalized spacial score (nSPS) is 12.1. The first kappa shape index (κ1) is 14.2. The van der Waals surface area contributed by atoms with E-state index in [-0.39, 0.29) is 0 Å². The van der Waals surface area contributed by atoms with Gasteiger partial charge in [-0.15, -0.1) is 0 Å². The molecule has 0 saturated carbocycles. The van der Waals surface area contributed by atoms with Crippen LogP contribution >= 0.6 is 22.6 Å². The van der Waals surface area contributed by atoms with Crippen LogP contribution in [-0.2, 0) is 9.53 Å². The van der Waals surface area contributed by atoms with Crippen LogP contribution in [0, 0.1) is 3.57 Å². The summed E-state index contributed by atoms with van der Waals surface area (Å²) >= 11 is 2.21. The molecule has 0 amide bonds. The van der Waals surface area contributed by atoms with Crippen LogP contribution in [0.15, 0.2) is 24.3 Å². The molecule has 0 heterocycles. The molecule has 0 fully saturated rings. The number of hydrogen-bond donors (Lipinski definition) is 1. The van der Waals surface area contributed by atoms with Gasteiger partial charge in [-0.2, -0.15) is 0 Å². The molecule has 1 atom stereocenters. The maximum Gasteiger partial charge on any atom is 0.332 e. The van der Waals surface area contributed by atoms with Gasteiger partial charge in [-0.3, -0.25) is 0 Å². The van der Waals surface area contributed by atoms with E-state index in [2.05, 4.69) is 22.6 Å². The Morgan fingerprint density at radius 1 is 1.41 bits per heavy atom. The number of carboxylic acid groups (broad SMARTS) is 1. The summed E-state index contributed by atoms with van der Waals surface area (Å²) in [4.78, 5) is 10.8. The maximum absolute atomic E-state index is 10.8. The zero-order chi connectivity index (χ0) is 12.7. The van der Waals surface area contributed by atoms with Gasteiger partial charge >= 0.3 is 5.97 Å². The van der Waals surface area contributed by atoms with Crippen molar-refractivity contribution in [3.63, 3.8) is 0 Å². The molecule has 5 heteroatoms. The van der Waals surface area contributed by atoms with Crippen LogP contribution in [0.25, 0.3) is 0 Å². The van der Waals surface area contributed by atoms with Crippen LogP contribution in [0.1, 0.15) is 13.3 Å². The van der Waals surface area contributed by atoms with E-state index in [1.54, 1.807) is 6.92 Å². The van der Waals surface area contributed by atoms with Gasteiger partial charge in [-0.05, 0) is 53.8 Å². The van der Waals surface area contributed by atoms with Crippen molar-refractivity contribution in [3.05, 3.63) is 27.8 Å². The zero-order valence-electron chi connectivity index (χ0n) is 9.56. The monoisotopic (exact) mass is 350 g/mol. The number of rotatable bonds is 7. The number of aliphatic carboxylic acids is 1. The van der Waals surface area contributed by atoms with E-state index in [0.29, 0.717) is 19.6 Å². The van der Waals surface area contributed by atoms with Crippen LogP contribution in [-0.4, -0.2) is 30.4 Å². The molecule has 0 bridgehead atoms. The minimum Gasteiger partial charge on any atom is -0.493 e. The molecule has 0 aliphatic heterocycles. The van der Waals surface area contributed by atoms with Crippen molar-refractivity contribution >= 4 is 28.6 Å². The molecule has 1 rings (SSSR count). The van der Waals surface area contributed by atoms with E-state index < -0.39 is 12.1 Å². The lowest BCUT2D eigenvalue weighted by Crippen LogP contribution is -2.26. The summed E-state index contributed by atoms with van der Waals surface area (Å²) in [5, 5.41) is 8.86. The Balaban J connectivity index is 2.35. The minimum atomic E-state index is -0.946. The fraction of sp³-hybridized carbons (Fsp3) is 0.417. The summed E-state index contributed by atoms with van der Waals surface area (Å²) in [6, 6.07) is 7.59. The predicted molar refractivity (Wildman–Crippen MR) is 72.3 cm³/mol. The van der Waals surface area contributed by atoms with Crippen molar-refractivity contribution in [2.45, 2.75) is 19.4 Å². The molecule has 17 heavy (non-hydrogen) atoms. The molecule has 0 aromatic heterocycles. The zero-order valence-corrected chi connectivity index (χ0v) is 11.7. The van der Waals surface area contributed by atoms with E-state index in [1.165, 1.54) is 0 Å². The molecule has 4 nitrogen and oxygen atoms in total. The second-order valence-corrected chi connectivity index (χ2v) is 4.62. The summed E-state index contributed by atoms with van der Waals surface area (Å²) in [5.41, 5.74) is 0. The summed E-state index contributed by atoms with van der Waals surface area (Å²) in [5.74, 6) is -0.205. The van der Waals surface area contributed by atoms with Crippen molar-refractivity contribution in [2.24, 2.45) is 0 Å². The topological polar surface area (TPSA) is 55.8 Å². The second-order valence-electron chi connectivity index (χ2n) is 3.37. The van der Waals surface area contributed by atoms with Crippen molar-refractivity contribution < 1.29 is 19.4 Å². The maximum atomic E-state index is 10.8. The average Bonchev–Trinajstić information content (AvgIpc) is 2.30. The third-order valence-corrected chi connectivity index (χ3v) is 2.82. The van der Waals surface area contributed by atoms with Gasteiger partial charge in [0, 0.05) is 16.6 Å². The standard InChI is InChI=1S/C12H15IO4/c1-2-16-11(12(14)15)7-8-17-10-5-3-9(13)4-6-10/h3-6,11H,2,7-8H2,1H3,(H,14,15). The number of hydrogen-bond acceptors (Lipinski definition) is 3. The van der Waals surface area contributed by atoms with Crippen LogP contribution in [0.3, 0.4) is 0 Å². The third-order valence-electron chi connectivity index (χ3n) is 2.11. The fourth-order valence-electron chi connectivity index (χ4n) is 1.29. The van der Waals surface area contributed by atoms with Gasteiger partial charge in [0.2, 0.25) is 0 Å². The Labute approximate surface area is 114 Å². The summed E-state index contributed by atoms with van der Waals surface area (Å²) in [7, 11) is 0. The first-order valence-electron chi connectivity index (χ1n) is 5.36. The molecular formula is C12H15IO4. The average molecular weight is 350 g/mol. The molecule has 0 aliphatic rings. The SMILES string of the molecule is CCOC(CCOc1ccc(I)cc1)C(=O)O. The minimum absolute atomic E-state index is 0.331. The summed E-state index contributed by atoms with van der Waals surface area (Å²) in [6.45, 7) is 2.49. The first-order chi connectivity index (χ1) is 8.13. The Hall–Kier alpha value is -0.820. The number of carboxylic acids is 1. The van der Waals surface area contributed by atoms with Crippen LogP contribution < -0.4 is 4.74 Å². The van der Waals surface area contributed by atoms with E-state index in [0.717, 1.165) is 9.32 Å². The Bertz CT molecular complexity index is 350.